The van der Waals surface area contributed by atoms with E-state index in [1.54, 1.807) is 12.1 Å². The molecule has 2 aromatic carbocycles. The summed E-state index contributed by atoms with van der Waals surface area (Å²) >= 11 is 0. The van der Waals surface area contributed by atoms with E-state index in [-0.39, 0.29) is 11.4 Å². The minimum absolute atomic E-state index is 0.280. The van der Waals surface area contributed by atoms with E-state index in [0.717, 1.165) is 10.8 Å². The molecule has 0 aliphatic heterocycles. The van der Waals surface area contributed by atoms with Crippen LogP contribution < -0.4 is 4.72 Å². The lowest BCUT2D eigenvalue weighted by Gasteiger charge is -2.07. The Bertz CT molecular complexity index is 653. The highest BCUT2D eigenvalue weighted by Gasteiger charge is 2.13. The Balaban J connectivity index is 2.18. The molecule has 2 rings (SSSR count). The molecule has 19 heavy (non-hydrogen) atoms. The monoisotopic (exact) mass is 279 g/mol. The van der Waals surface area contributed by atoms with Crippen molar-refractivity contribution in [1.29, 1.82) is 0 Å². The summed E-state index contributed by atoms with van der Waals surface area (Å²) in [5, 5.41) is 1.94. The maximum absolute atomic E-state index is 12.1. The Morgan fingerprint density at radius 2 is 1.84 bits per heavy atom. The molecule has 5 heteroatoms. The molecule has 0 aliphatic rings. The number of hydrogen-bond acceptors (Lipinski definition) is 3. The first kappa shape index (κ1) is 14.0. The highest BCUT2D eigenvalue weighted by molar-refractivity contribution is 7.89. The fraction of sp³-hybridized carbons (Fsp3) is 0.286. The molecule has 4 nitrogen and oxygen atoms in total. The maximum atomic E-state index is 12.1. The van der Waals surface area contributed by atoms with E-state index < -0.39 is 10.0 Å². The lowest BCUT2D eigenvalue weighted by atomic mass is 10.1. The van der Waals surface area contributed by atoms with Gasteiger partial charge in [0.25, 0.3) is 0 Å². The molecule has 2 aromatic rings. The van der Waals surface area contributed by atoms with Crippen molar-refractivity contribution in [1.82, 2.24) is 4.72 Å². The molecule has 0 aromatic heterocycles. The summed E-state index contributed by atoms with van der Waals surface area (Å²) in [5.74, 6) is 0. The third-order valence-electron chi connectivity index (χ3n) is 2.77. The largest absolute Gasteiger partial charge is 0.380 e. The molecule has 0 aliphatic carbocycles. The molecular formula is C14H17NO3S. The van der Waals surface area contributed by atoms with Crippen molar-refractivity contribution in [3.63, 3.8) is 0 Å². The summed E-state index contributed by atoms with van der Waals surface area (Å²) < 4.78 is 31.8. The smallest absolute Gasteiger partial charge is 0.240 e. The van der Waals surface area contributed by atoms with Crippen LogP contribution >= 0.6 is 0 Å². The molecule has 0 amide bonds. The average molecular weight is 279 g/mol. The molecule has 0 unspecified atom stereocenters. The van der Waals surface area contributed by atoms with Gasteiger partial charge in [-0.3, -0.25) is 0 Å². The van der Waals surface area contributed by atoms with Gasteiger partial charge in [-0.05, 0) is 29.8 Å². The Kier molecular flexibility index (Phi) is 4.52. The summed E-state index contributed by atoms with van der Waals surface area (Å²) in [5.41, 5.74) is 0. The Morgan fingerprint density at radius 3 is 2.58 bits per heavy atom. The number of fused-ring (bicyclic) bond motifs is 1. The molecule has 0 fully saturated rings. The minimum Gasteiger partial charge on any atom is -0.380 e. The van der Waals surface area contributed by atoms with E-state index in [4.69, 9.17) is 4.74 Å². The Morgan fingerprint density at radius 1 is 1.11 bits per heavy atom. The van der Waals surface area contributed by atoms with Crippen LogP contribution in [0.3, 0.4) is 0 Å². The van der Waals surface area contributed by atoms with Gasteiger partial charge in [0.05, 0.1) is 11.5 Å². The van der Waals surface area contributed by atoms with Gasteiger partial charge < -0.3 is 4.74 Å². The summed E-state index contributed by atoms with van der Waals surface area (Å²) in [4.78, 5) is 0.280. The van der Waals surface area contributed by atoms with E-state index in [1.807, 2.05) is 37.3 Å². The predicted molar refractivity (Wildman–Crippen MR) is 75.6 cm³/mol. The van der Waals surface area contributed by atoms with Crippen LogP contribution in [0, 0.1) is 0 Å². The topological polar surface area (TPSA) is 55.4 Å². The van der Waals surface area contributed by atoms with Crippen LogP contribution in [0.1, 0.15) is 6.92 Å². The van der Waals surface area contributed by atoms with Gasteiger partial charge in [0.15, 0.2) is 0 Å². The van der Waals surface area contributed by atoms with Gasteiger partial charge in [-0.1, -0.05) is 30.3 Å². The molecular weight excluding hydrogens is 262 g/mol. The predicted octanol–water partition coefficient (Wildman–Crippen LogP) is 2.15. The number of rotatable bonds is 6. The molecule has 0 radical (unpaired) electrons. The zero-order valence-electron chi connectivity index (χ0n) is 10.8. The first-order valence-corrected chi connectivity index (χ1v) is 7.68. The molecule has 102 valence electrons. The second kappa shape index (κ2) is 6.14. The zero-order valence-corrected chi connectivity index (χ0v) is 11.6. The lowest BCUT2D eigenvalue weighted by molar-refractivity contribution is 0.153. The third kappa shape index (κ3) is 3.53. The van der Waals surface area contributed by atoms with E-state index in [1.165, 1.54) is 0 Å². The van der Waals surface area contributed by atoms with Crippen LogP contribution in [0.2, 0.25) is 0 Å². The summed E-state index contributed by atoms with van der Waals surface area (Å²) in [6.07, 6.45) is 0. The molecule has 0 saturated heterocycles. The van der Waals surface area contributed by atoms with Crippen LogP contribution in [0.15, 0.2) is 47.4 Å². The van der Waals surface area contributed by atoms with E-state index in [2.05, 4.69) is 4.72 Å². The highest BCUT2D eigenvalue weighted by atomic mass is 32.2. The quantitative estimate of drug-likeness (QED) is 0.824. The standard InChI is InChI=1S/C14H17NO3S/c1-2-18-10-9-15-19(16,17)14-8-7-12-5-3-4-6-13(12)11-14/h3-8,11,15H,2,9-10H2,1H3. The SMILES string of the molecule is CCOCCNS(=O)(=O)c1ccc2ccccc2c1. The van der Waals surface area contributed by atoms with Crippen molar-refractivity contribution in [2.24, 2.45) is 0 Å². The number of hydrogen-bond donors (Lipinski definition) is 1. The van der Waals surface area contributed by atoms with E-state index in [9.17, 15) is 8.42 Å². The van der Waals surface area contributed by atoms with Crippen LogP contribution in [0.5, 0.6) is 0 Å². The number of benzene rings is 2. The van der Waals surface area contributed by atoms with Crippen LogP contribution in [0.25, 0.3) is 10.8 Å². The summed E-state index contributed by atoms with van der Waals surface area (Å²) in [6, 6.07) is 12.8. The second-order valence-corrected chi connectivity index (χ2v) is 5.87. The molecule has 0 spiro atoms. The molecule has 0 atom stereocenters. The van der Waals surface area contributed by atoms with Crippen LogP contribution in [-0.4, -0.2) is 28.2 Å². The highest BCUT2D eigenvalue weighted by Crippen LogP contribution is 2.18. The molecule has 0 bridgehead atoms. The number of nitrogens with one attached hydrogen (secondary N) is 1. The maximum Gasteiger partial charge on any atom is 0.240 e. The van der Waals surface area contributed by atoms with Crippen molar-refractivity contribution in [2.45, 2.75) is 11.8 Å². The molecule has 0 heterocycles. The normalized spacial score (nSPS) is 11.8. The molecule has 0 saturated carbocycles. The first-order valence-electron chi connectivity index (χ1n) is 6.19. The molecule has 1 N–H and O–H groups in total. The van der Waals surface area contributed by atoms with Crippen molar-refractivity contribution in [3.05, 3.63) is 42.5 Å². The van der Waals surface area contributed by atoms with Crippen molar-refractivity contribution < 1.29 is 13.2 Å². The van der Waals surface area contributed by atoms with Gasteiger partial charge in [0, 0.05) is 13.2 Å². The van der Waals surface area contributed by atoms with Gasteiger partial charge >= 0.3 is 0 Å². The summed E-state index contributed by atoms with van der Waals surface area (Å²) in [6.45, 7) is 3.11. The Labute approximate surface area is 113 Å². The van der Waals surface area contributed by atoms with Gasteiger partial charge in [0.1, 0.15) is 0 Å². The van der Waals surface area contributed by atoms with Gasteiger partial charge in [0.2, 0.25) is 10.0 Å². The summed E-state index contributed by atoms with van der Waals surface area (Å²) in [7, 11) is -3.46. The lowest BCUT2D eigenvalue weighted by Crippen LogP contribution is -2.27. The minimum atomic E-state index is -3.46. The van der Waals surface area contributed by atoms with Gasteiger partial charge in [-0.25, -0.2) is 13.1 Å². The Hall–Kier alpha value is -1.43. The third-order valence-corrected chi connectivity index (χ3v) is 4.23. The number of ether oxygens (including phenoxy) is 1. The first-order chi connectivity index (χ1) is 9.13. The fourth-order valence-corrected chi connectivity index (χ4v) is 2.86. The van der Waals surface area contributed by atoms with Crippen molar-refractivity contribution in [3.8, 4) is 0 Å². The second-order valence-electron chi connectivity index (χ2n) is 4.10. The number of sulfonamides is 1. The average Bonchev–Trinajstić information content (AvgIpc) is 2.43. The van der Waals surface area contributed by atoms with Crippen LogP contribution in [-0.2, 0) is 14.8 Å². The van der Waals surface area contributed by atoms with E-state index >= 15 is 0 Å². The van der Waals surface area contributed by atoms with Crippen molar-refractivity contribution in [2.75, 3.05) is 19.8 Å². The fourth-order valence-electron chi connectivity index (χ4n) is 1.81. The van der Waals surface area contributed by atoms with Gasteiger partial charge in [-0.2, -0.15) is 0 Å². The van der Waals surface area contributed by atoms with Crippen LogP contribution in [0.4, 0.5) is 0 Å². The van der Waals surface area contributed by atoms with Gasteiger partial charge in [-0.15, -0.1) is 0 Å². The van der Waals surface area contributed by atoms with Crippen molar-refractivity contribution >= 4 is 20.8 Å². The van der Waals surface area contributed by atoms with E-state index in [0.29, 0.717) is 13.2 Å². The zero-order chi connectivity index (χ0) is 13.7.